The first-order chi connectivity index (χ1) is 22.4. The quantitative estimate of drug-likeness (QED) is 0.189. The molecular weight excluding hydrogens is 579 g/mol. The van der Waals surface area contributed by atoms with E-state index in [0.717, 1.165) is 16.7 Å². The molecule has 0 saturated carbocycles. The third-order valence-electron chi connectivity index (χ3n) is 7.93. The fourth-order valence-electron chi connectivity index (χ4n) is 5.68. The van der Waals surface area contributed by atoms with Gasteiger partial charge in [0.1, 0.15) is 17.6 Å². The predicted molar refractivity (Wildman–Crippen MR) is 176 cm³/mol. The summed E-state index contributed by atoms with van der Waals surface area (Å²) in [7, 11) is 1.66. The van der Waals surface area contributed by atoms with E-state index in [-0.39, 0.29) is 5.69 Å². The summed E-state index contributed by atoms with van der Waals surface area (Å²) in [6.07, 6.45) is 3.35. The number of carbonyl (C=O) groups excluding carboxylic acids is 2. The fraction of sp³-hybridized carbons (Fsp3) is 0.135. The highest BCUT2D eigenvalue weighted by atomic mass is 19.1. The molecule has 6 rings (SSSR count). The number of rotatable bonds is 10. The molecule has 0 aliphatic carbocycles. The van der Waals surface area contributed by atoms with Gasteiger partial charge >= 0.3 is 0 Å². The number of halogens is 1. The number of hydrogen-bond acceptors (Lipinski definition) is 4. The minimum atomic E-state index is -1.05. The van der Waals surface area contributed by atoms with Crippen LogP contribution in [0.25, 0.3) is 11.1 Å². The number of aromatic nitrogens is 4. The van der Waals surface area contributed by atoms with Crippen molar-refractivity contribution in [1.82, 2.24) is 24.9 Å². The van der Waals surface area contributed by atoms with E-state index in [0.29, 0.717) is 29.1 Å². The molecule has 4 aromatic carbocycles. The zero-order valence-electron chi connectivity index (χ0n) is 25.5. The minimum Gasteiger partial charge on any atom is -0.338 e. The maximum atomic E-state index is 15.7. The van der Waals surface area contributed by atoms with Crippen molar-refractivity contribution in [2.45, 2.75) is 25.4 Å². The van der Waals surface area contributed by atoms with Crippen molar-refractivity contribution in [2.24, 2.45) is 7.05 Å². The molecule has 0 aliphatic heterocycles. The molecule has 2 N–H and O–H groups in total. The van der Waals surface area contributed by atoms with Crippen molar-refractivity contribution in [2.75, 3.05) is 5.32 Å². The molecule has 0 fully saturated rings. The number of benzene rings is 4. The molecule has 2 amide bonds. The zero-order valence-corrected chi connectivity index (χ0v) is 25.5. The Morgan fingerprint density at radius 3 is 2.04 bits per heavy atom. The number of amides is 2. The maximum absolute atomic E-state index is 15.7. The second kappa shape index (κ2) is 13.4. The Morgan fingerprint density at radius 1 is 0.826 bits per heavy atom. The van der Waals surface area contributed by atoms with Crippen LogP contribution in [0.4, 0.5) is 10.1 Å². The lowest BCUT2D eigenvalue weighted by Crippen LogP contribution is -2.48. The van der Waals surface area contributed by atoms with Gasteiger partial charge in [-0.15, -0.1) is 0 Å². The van der Waals surface area contributed by atoms with Crippen molar-refractivity contribution >= 4 is 17.5 Å². The lowest BCUT2D eigenvalue weighted by Gasteiger charge is -2.28. The van der Waals surface area contributed by atoms with E-state index in [1.54, 1.807) is 29.9 Å². The number of aryl methyl sites for hydroxylation is 2. The van der Waals surface area contributed by atoms with Gasteiger partial charge in [0, 0.05) is 42.2 Å². The average molecular weight is 613 g/mol. The molecule has 2 aromatic heterocycles. The van der Waals surface area contributed by atoms with Crippen LogP contribution >= 0.6 is 0 Å². The molecule has 0 saturated heterocycles. The summed E-state index contributed by atoms with van der Waals surface area (Å²) in [5, 5.41) is 14.5. The summed E-state index contributed by atoms with van der Waals surface area (Å²) >= 11 is 0. The van der Waals surface area contributed by atoms with Gasteiger partial charge in [0.05, 0.1) is 12.2 Å². The molecule has 0 spiro atoms. The van der Waals surface area contributed by atoms with Gasteiger partial charge in [-0.05, 0) is 47.9 Å². The largest absolute Gasteiger partial charge is 0.338 e. The van der Waals surface area contributed by atoms with E-state index in [4.69, 9.17) is 0 Å². The van der Waals surface area contributed by atoms with Crippen LogP contribution in [-0.4, -0.2) is 37.4 Å². The summed E-state index contributed by atoms with van der Waals surface area (Å²) in [5.74, 6) is -1.99. The molecule has 0 radical (unpaired) electrons. The van der Waals surface area contributed by atoms with Crippen LogP contribution in [0.3, 0.4) is 0 Å². The van der Waals surface area contributed by atoms with Gasteiger partial charge in [-0.2, -0.15) is 10.2 Å². The van der Waals surface area contributed by atoms with Crippen LogP contribution in [0, 0.1) is 12.7 Å². The fourth-order valence-corrected chi connectivity index (χ4v) is 5.68. The molecular formula is C37H33FN6O2. The first kappa shape index (κ1) is 30.2. The number of hydrogen-bond donors (Lipinski definition) is 2. The van der Waals surface area contributed by atoms with Crippen LogP contribution in [0.1, 0.15) is 38.8 Å². The monoisotopic (exact) mass is 612 g/mol. The highest BCUT2D eigenvalue weighted by Gasteiger charge is 2.33. The van der Waals surface area contributed by atoms with E-state index in [1.807, 2.05) is 104 Å². The van der Waals surface area contributed by atoms with Crippen molar-refractivity contribution in [1.29, 1.82) is 0 Å². The Hall–Kier alpha value is -5.83. The van der Waals surface area contributed by atoms with Gasteiger partial charge in [-0.25, -0.2) is 4.39 Å². The zero-order chi connectivity index (χ0) is 32.0. The summed E-state index contributed by atoms with van der Waals surface area (Å²) < 4.78 is 18.9. The average Bonchev–Trinajstić information content (AvgIpc) is 3.66. The molecule has 0 bridgehead atoms. The minimum absolute atomic E-state index is 0.264. The van der Waals surface area contributed by atoms with E-state index in [1.165, 1.54) is 16.9 Å². The number of nitrogens with zero attached hydrogens (tertiary/aromatic N) is 4. The van der Waals surface area contributed by atoms with Gasteiger partial charge in [0.15, 0.2) is 0 Å². The van der Waals surface area contributed by atoms with E-state index >= 15 is 4.39 Å². The normalized spacial score (nSPS) is 11.7. The van der Waals surface area contributed by atoms with E-state index < -0.39 is 29.6 Å². The van der Waals surface area contributed by atoms with Gasteiger partial charge in [0.2, 0.25) is 5.91 Å². The Kier molecular flexibility index (Phi) is 8.82. The van der Waals surface area contributed by atoms with Crippen molar-refractivity contribution in [3.05, 3.63) is 162 Å². The van der Waals surface area contributed by atoms with Crippen LogP contribution < -0.4 is 10.6 Å². The van der Waals surface area contributed by atoms with Crippen molar-refractivity contribution < 1.29 is 14.0 Å². The van der Waals surface area contributed by atoms with E-state index in [9.17, 15) is 9.59 Å². The third-order valence-corrected chi connectivity index (χ3v) is 7.93. The van der Waals surface area contributed by atoms with Crippen LogP contribution in [0.2, 0.25) is 0 Å². The number of carbonyl (C=O) groups is 2. The molecule has 1 unspecified atom stereocenters. The summed E-state index contributed by atoms with van der Waals surface area (Å²) in [5.41, 5.74) is 5.06. The number of anilines is 1. The highest BCUT2D eigenvalue weighted by molar-refractivity contribution is 6.01. The summed E-state index contributed by atoms with van der Waals surface area (Å²) in [6, 6.07) is 34.1. The SMILES string of the molecule is Cc1nn(Cc2ccccc2)cc1-c1ccc(NC(=O)C(NC(=O)c2ccnn2C)C(c2ccccc2)c2ccccc2)cc1F. The van der Waals surface area contributed by atoms with Crippen molar-refractivity contribution in [3.63, 3.8) is 0 Å². The molecule has 230 valence electrons. The molecule has 1 atom stereocenters. The van der Waals surface area contributed by atoms with Gasteiger partial charge < -0.3 is 10.6 Å². The molecule has 0 aliphatic rings. The molecule has 8 nitrogen and oxygen atoms in total. The molecule has 46 heavy (non-hydrogen) atoms. The second-order valence-corrected chi connectivity index (χ2v) is 11.1. The van der Waals surface area contributed by atoms with Crippen LogP contribution in [-0.2, 0) is 18.4 Å². The van der Waals surface area contributed by atoms with Crippen LogP contribution in [0.5, 0.6) is 0 Å². The standard InChI is InChI=1S/C37H33FN6O2/c1-25-31(24-44(42-25)23-26-12-6-3-7-13-26)30-19-18-29(22-32(30)38)40-37(46)35(41-36(45)33-20-21-39-43(33)2)34(27-14-8-4-9-15-27)28-16-10-5-11-17-28/h3-22,24,34-35H,23H2,1-2H3,(H,40,46)(H,41,45). The Balaban J connectivity index is 1.30. The smallest absolute Gasteiger partial charge is 0.270 e. The second-order valence-electron chi connectivity index (χ2n) is 11.1. The molecule has 9 heteroatoms. The lowest BCUT2D eigenvalue weighted by atomic mass is 9.84. The Labute approximate surface area is 266 Å². The maximum Gasteiger partial charge on any atom is 0.270 e. The topological polar surface area (TPSA) is 93.8 Å². The summed E-state index contributed by atoms with van der Waals surface area (Å²) in [4.78, 5) is 27.5. The first-order valence-corrected chi connectivity index (χ1v) is 14.9. The Morgan fingerprint density at radius 2 is 1.46 bits per heavy atom. The first-order valence-electron chi connectivity index (χ1n) is 14.9. The van der Waals surface area contributed by atoms with E-state index in [2.05, 4.69) is 20.8 Å². The van der Waals surface area contributed by atoms with Crippen molar-refractivity contribution in [3.8, 4) is 11.1 Å². The number of nitrogens with one attached hydrogen (secondary N) is 2. The highest BCUT2D eigenvalue weighted by Crippen LogP contribution is 2.31. The van der Waals surface area contributed by atoms with Gasteiger partial charge in [-0.3, -0.25) is 19.0 Å². The van der Waals surface area contributed by atoms with Gasteiger partial charge in [-0.1, -0.05) is 91.0 Å². The Bertz CT molecular complexity index is 1910. The van der Waals surface area contributed by atoms with Crippen LogP contribution in [0.15, 0.2) is 128 Å². The third kappa shape index (κ3) is 6.63. The van der Waals surface area contributed by atoms with Gasteiger partial charge in [0.25, 0.3) is 5.91 Å². The molecule has 6 aromatic rings. The summed E-state index contributed by atoms with van der Waals surface area (Å²) in [6.45, 7) is 2.40. The predicted octanol–water partition coefficient (Wildman–Crippen LogP) is 6.35. The molecule has 2 heterocycles. The lowest BCUT2D eigenvalue weighted by molar-refractivity contribution is -0.118.